The molecule has 0 aromatic heterocycles. The van der Waals surface area contributed by atoms with Crippen molar-refractivity contribution in [1.29, 1.82) is 0 Å². The number of carbonyl (C=O) groups excluding carboxylic acids is 1. The van der Waals surface area contributed by atoms with Crippen LogP contribution in [0.5, 0.6) is 5.75 Å². The van der Waals surface area contributed by atoms with Crippen LogP contribution < -0.4 is 10.1 Å². The maximum absolute atomic E-state index is 11.7. The number of hydrogen-bond donors (Lipinski definition) is 1. The molecular weight excluding hydrogens is 290 g/mol. The summed E-state index contributed by atoms with van der Waals surface area (Å²) in [6.45, 7) is 2.49. The Hall–Kier alpha value is -1.27. The normalized spacial score (nSPS) is 11.1. The van der Waals surface area contributed by atoms with Crippen molar-refractivity contribution in [1.82, 2.24) is 5.32 Å². The van der Waals surface area contributed by atoms with E-state index >= 15 is 0 Å². The van der Waals surface area contributed by atoms with E-state index in [9.17, 15) is 13.2 Å². The fourth-order valence-electron chi connectivity index (χ4n) is 1.43. The van der Waals surface area contributed by atoms with E-state index in [1.54, 1.807) is 0 Å². The number of benzene rings is 1. The van der Waals surface area contributed by atoms with Gasteiger partial charge in [-0.05, 0) is 24.6 Å². The highest BCUT2D eigenvalue weighted by Crippen LogP contribution is 2.25. The third kappa shape index (κ3) is 4.40. The van der Waals surface area contributed by atoms with Gasteiger partial charge in [-0.1, -0.05) is 13.3 Å². The van der Waals surface area contributed by atoms with E-state index < -0.39 is 15.0 Å². The zero-order valence-electron chi connectivity index (χ0n) is 10.8. The number of hydrogen-bond acceptors (Lipinski definition) is 4. The first-order valence-corrected chi connectivity index (χ1v) is 8.14. The molecule has 0 radical (unpaired) electrons. The molecule has 106 valence electrons. The van der Waals surface area contributed by atoms with E-state index in [0.717, 1.165) is 12.8 Å². The molecule has 1 rings (SSSR count). The number of nitrogens with one attached hydrogen (secondary N) is 1. The van der Waals surface area contributed by atoms with Gasteiger partial charge < -0.3 is 10.1 Å². The monoisotopic (exact) mass is 305 g/mol. The molecule has 0 saturated carbocycles. The Balaban J connectivity index is 3.14. The Morgan fingerprint density at radius 2 is 2.11 bits per heavy atom. The quantitative estimate of drug-likeness (QED) is 0.645. The molecule has 0 saturated heterocycles. The van der Waals surface area contributed by atoms with Crippen LogP contribution in [0, 0.1) is 0 Å². The zero-order valence-corrected chi connectivity index (χ0v) is 12.3. The summed E-state index contributed by atoms with van der Waals surface area (Å²) in [4.78, 5) is 11.6. The second-order valence-electron chi connectivity index (χ2n) is 3.88. The third-order valence-electron chi connectivity index (χ3n) is 2.46. The lowest BCUT2D eigenvalue weighted by Gasteiger charge is -2.11. The van der Waals surface area contributed by atoms with Gasteiger partial charge in [-0.3, -0.25) is 4.79 Å². The average molecular weight is 306 g/mol. The van der Waals surface area contributed by atoms with E-state index in [1.165, 1.54) is 25.2 Å². The van der Waals surface area contributed by atoms with E-state index in [1.807, 2.05) is 6.92 Å². The summed E-state index contributed by atoms with van der Waals surface area (Å²) in [5.41, 5.74) is 0.153. The summed E-state index contributed by atoms with van der Waals surface area (Å²) < 4.78 is 28.0. The second kappa shape index (κ2) is 6.77. The van der Waals surface area contributed by atoms with Crippen molar-refractivity contribution >= 4 is 25.6 Å². The summed E-state index contributed by atoms with van der Waals surface area (Å²) in [5.74, 6) is -0.0782. The van der Waals surface area contributed by atoms with Crippen LogP contribution in [0.4, 0.5) is 0 Å². The number of unbranched alkanes of at least 4 members (excludes halogenated alkanes) is 1. The molecule has 5 nitrogen and oxygen atoms in total. The summed E-state index contributed by atoms with van der Waals surface area (Å²) in [6, 6.07) is 3.97. The van der Waals surface area contributed by atoms with Gasteiger partial charge in [0.2, 0.25) is 0 Å². The molecule has 0 bridgehead atoms. The number of rotatable bonds is 6. The standard InChI is InChI=1S/C12H16ClNO4S/c1-3-4-7-18-11-6-5-9(19(13,16)17)8-10(11)12(15)14-2/h5-6,8H,3-4,7H2,1-2H3,(H,14,15). The summed E-state index contributed by atoms with van der Waals surface area (Å²) in [7, 11) is 2.84. The molecule has 1 N–H and O–H groups in total. The van der Waals surface area contributed by atoms with E-state index in [0.29, 0.717) is 12.4 Å². The van der Waals surface area contributed by atoms with Gasteiger partial charge in [0.1, 0.15) is 5.75 Å². The molecule has 0 fully saturated rings. The lowest BCUT2D eigenvalue weighted by molar-refractivity contribution is 0.0958. The Bertz CT molecular complexity index is 557. The molecule has 1 amide bonds. The first kappa shape index (κ1) is 15.8. The van der Waals surface area contributed by atoms with Crippen molar-refractivity contribution < 1.29 is 17.9 Å². The topological polar surface area (TPSA) is 72.5 Å². The minimum absolute atomic E-state index is 0.129. The Morgan fingerprint density at radius 3 is 2.63 bits per heavy atom. The predicted molar refractivity (Wildman–Crippen MR) is 73.3 cm³/mol. The van der Waals surface area contributed by atoms with Crippen molar-refractivity contribution in [2.45, 2.75) is 24.7 Å². The van der Waals surface area contributed by atoms with Gasteiger partial charge >= 0.3 is 0 Å². The second-order valence-corrected chi connectivity index (χ2v) is 6.44. The van der Waals surface area contributed by atoms with Crippen LogP contribution in [0.15, 0.2) is 23.1 Å². The SMILES string of the molecule is CCCCOc1ccc(S(=O)(=O)Cl)cc1C(=O)NC. The van der Waals surface area contributed by atoms with Crippen LogP contribution in [0.2, 0.25) is 0 Å². The minimum Gasteiger partial charge on any atom is -0.493 e. The first-order chi connectivity index (χ1) is 8.90. The van der Waals surface area contributed by atoms with Crippen molar-refractivity contribution in [2.75, 3.05) is 13.7 Å². The van der Waals surface area contributed by atoms with Gasteiger partial charge in [0.05, 0.1) is 17.1 Å². The van der Waals surface area contributed by atoms with Gasteiger partial charge in [0.25, 0.3) is 15.0 Å². The lowest BCUT2D eigenvalue weighted by atomic mass is 10.2. The van der Waals surface area contributed by atoms with E-state index in [2.05, 4.69) is 5.32 Å². The summed E-state index contributed by atoms with van der Waals surface area (Å²) in [6.07, 6.45) is 1.81. The van der Waals surface area contributed by atoms with E-state index in [4.69, 9.17) is 15.4 Å². The number of carbonyl (C=O) groups is 1. The number of amides is 1. The number of ether oxygens (including phenoxy) is 1. The van der Waals surface area contributed by atoms with Crippen LogP contribution in [-0.4, -0.2) is 28.0 Å². The molecule has 0 aliphatic heterocycles. The smallest absolute Gasteiger partial charge is 0.261 e. The summed E-state index contributed by atoms with van der Waals surface area (Å²) >= 11 is 0. The van der Waals surface area contributed by atoms with Crippen LogP contribution in [0.25, 0.3) is 0 Å². The van der Waals surface area contributed by atoms with Crippen LogP contribution in [-0.2, 0) is 9.05 Å². The molecule has 1 aromatic rings. The van der Waals surface area contributed by atoms with Gasteiger partial charge in [0.15, 0.2) is 0 Å². The molecule has 0 spiro atoms. The molecule has 0 aliphatic carbocycles. The highest BCUT2D eigenvalue weighted by molar-refractivity contribution is 8.13. The van der Waals surface area contributed by atoms with Gasteiger partial charge in [0, 0.05) is 17.7 Å². The zero-order chi connectivity index (χ0) is 14.5. The molecule has 0 heterocycles. The van der Waals surface area contributed by atoms with Gasteiger partial charge in [-0.15, -0.1) is 0 Å². The van der Waals surface area contributed by atoms with Crippen LogP contribution in [0.3, 0.4) is 0 Å². The molecule has 1 aromatic carbocycles. The van der Waals surface area contributed by atoms with Crippen molar-refractivity contribution in [3.8, 4) is 5.75 Å². The van der Waals surface area contributed by atoms with Crippen LogP contribution in [0.1, 0.15) is 30.1 Å². The largest absolute Gasteiger partial charge is 0.493 e. The van der Waals surface area contributed by atoms with Crippen molar-refractivity contribution in [3.05, 3.63) is 23.8 Å². The molecule has 0 aliphatic rings. The minimum atomic E-state index is -3.87. The average Bonchev–Trinajstić information content (AvgIpc) is 2.37. The summed E-state index contributed by atoms with van der Waals surface area (Å²) in [5, 5.41) is 2.43. The van der Waals surface area contributed by atoms with Crippen LogP contribution >= 0.6 is 10.7 Å². The van der Waals surface area contributed by atoms with E-state index in [-0.39, 0.29) is 10.5 Å². The van der Waals surface area contributed by atoms with Gasteiger partial charge in [-0.2, -0.15) is 0 Å². The molecular formula is C12H16ClNO4S. The number of halogens is 1. The Labute approximate surface area is 117 Å². The molecule has 0 unspecified atom stereocenters. The van der Waals surface area contributed by atoms with Crippen molar-refractivity contribution in [3.63, 3.8) is 0 Å². The highest BCUT2D eigenvalue weighted by atomic mass is 35.7. The first-order valence-electron chi connectivity index (χ1n) is 5.83. The highest BCUT2D eigenvalue weighted by Gasteiger charge is 2.17. The predicted octanol–water partition coefficient (Wildman–Crippen LogP) is 2.15. The van der Waals surface area contributed by atoms with Gasteiger partial charge in [-0.25, -0.2) is 8.42 Å². The molecule has 19 heavy (non-hydrogen) atoms. The fourth-order valence-corrected chi connectivity index (χ4v) is 2.20. The lowest BCUT2D eigenvalue weighted by Crippen LogP contribution is -2.19. The third-order valence-corrected chi connectivity index (χ3v) is 3.81. The Morgan fingerprint density at radius 1 is 1.42 bits per heavy atom. The maximum Gasteiger partial charge on any atom is 0.261 e. The molecule has 0 atom stereocenters. The molecule has 7 heteroatoms. The van der Waals surface area contributed by atoms with Crippen molar-refractivity contribution in [2.24, 2.45) is 0 Å². The fraction of sp³-hybridized carbons (Fsp3) is 0.417. The Kier molecular flexibility index (Phi) is 5.62. The maximum atomic E-state index is 11.7.